The summed E-state index contributed by atoms with van der Waals surface area (Å²) in [7, 11) is 6.93. The topological polar surface area (TPSA) is 76.6 Å². The third-order valence-electron chi connectivity index (χ3n) is 4.16. The molecule has 0 aliphatic heterocycles. The van der Waals surface area contributed by atoms with Crippen LogP contribution in [0.25, 0.3) is 10.2 Å². The molecule has 3 rings (SSSR count). The van der Waals surface area contributed by atoms with Gasteiger partial charge in [-0.25, -0.2) is 4.98 Å². The number of hydrogen-bond donors (Lipinski definition) is 1. The predicted octanol–water partition coefficient (Wildman–Crippen LogP) is 4.13. The van der Waals surface area contributed by atoms with Gasteiger partial charge in [-0.05, 0) is 30.7 Å². The first-order chi connectivity index (χ1) is 13.3. The first kappa shape index (κ1) is 20.3. The molecule has 1 N–H and O–H groups in total. The molecule has 0 atom stereocenters. The van der Waals surface area contributed by atoms with Gasteiger partial charge in [0.2, 0.25) is 5.88 Å². The second-order valence-electron chi connectivity index (χ2n) is 6.33. The fourth-order valence-electron chi connectivity index (χ4n) is 2.88. The third kappa shape index (κ3) is 3.89. The first-order valence-electron chi connectivity index (χ1n) is 8.46. The summed E-state index contributed by atoms with van der Waals surface area (Å²) < 4.78 is 10.5. The van der Waals surface area contributed by atoms with Gasteiger partial charge in [0, 0.05) is 26.2 Å². The molecule has 0 saturated heterocycles. The second kappa shape index (κ2) is 8.30. The maximum absolute atomic E-state index is 13.0. The lowest BCUT2D eigenvalue weighted by Crippen LogP contribution is -2.16. The van der Waals surface area contributed by atoms with Gasteiger partial charge in [-0.2, -0.15) is 4.98 Å². The molecule has 2 heterocycles. The van der Waals surface area contributed by atoms with Crippen molar-refractivity contribution >= 4 is 50.4 Å². The number of benzene rings is 1. The van der Waals surface area contributed by atoms with E-state index in [1.165, 1.54) is 11.3 Å². The van der Waals surface area contributed by atoms with Crippen molar-refractivity contribution in [1.82, 2.24) is 9.97 Å². The van der Waals surface area contributed by atoms with Gasteiger partial charge in [-0.15, -0.1) is 11.3 Å². The van der Waals surface area contributed by atoms with Crippen LogP contribution in [-0.4, -0.2) is 44.2 Å². The molecule has 0 aliphatic carbocycles. The number of halogens is 1. The number of nitrogens with zero attached hydrogens (tertiary/aromatic N) is 3. The Morgan fingerprint density at radius 1 is 1.29 bits per heavy atom. The van der Waals surface area contributed by atoms with Gasteiger partial charge in [-0.1, -0.05) is 11.6 Å². The van der Waals surface area contributed by atoms with Crippen LogP contribution >= 0.6 is 22.9 Å². The fourth-order valence-corrected chi connectivity index (χ4v) is 4.14. The number of rotatable bonds is 6. The molecule has 0 spiro atoms. The smallest absolute Gasteiger partial charge is 0.266 e. The van der Waals surface area contributed by atoms with Crippen molar-refractivity contribution < 1.29 is 14.3 Å². The van der Waals surface area contributed by atoms with Crippen molar-refractivity contribution in [3.63, 3.8) is 0 Å². The number of aromatic nitrogens is 2. The Balaban J connectivity index is 2.03. The number of ether oxygens (including phenoxy) is 2. The second-order valence-corrected chi connectivity index (χ2v) is 7.76. The molecule has 0 bridgehead atoms. The molecule has 7 nitrogen and oxygen atoms in total. The Morgan fingerprint density at radius 2 is 2.04 bits per heavy atom. The van der Waals surface area contributed by atoms with Crippen LogP contribution in [-0.2, 0) is 11.3 Å². The molecule has 148 valence electrons. The predicted molar refractivity (Wildman–Crippen MR) is 113 cm³/mol. The largest absolute Gasteiger partial charge is 0.480 e. The van der Waals surface area contributed by atoms with E-state index in [0.29, 0.717) is 32.1 Å². The summed E-state index contributed by atoms with van der Waals surface area (Å²) >= 11 is 7.41. The van der Waals surface area contributed by atoms with Crippen LogP contribution in [0.2, 0.25) is 5.02 Å². The maximum atomic E-state index is 13.0. The molecule has 1 amide bonds. The summed E-state index contributed by atoms with van der Waals surface area (Å²) in [6.45, 7) is 2.12. The minimum absolute atomic E-state index is 0.235. The fraction of sp³-hybridized carbons (Fsp3) is 0.316. The van der Waals surface area contributed by atoms with Crippen LogP contribution in [0.3, 0.4) is 0 Å². The van der Waals surface area contributed by atoms with Crippen LogP contribution < -0.4 is 15.0 Å². The molecule has 0 aliphatic rings. The number of fused-ring (bicyclic) bond motifs is 1. The average molecular weight is 421 g/mol. The highest BCUT2D eigenvalue weighted by atomic mass is 35.5. The Hall–Kier alpha value is -2.42. The molecule has 0 saturated carbocycles. The molecular weight excluding hydrogens is 400 g/mol. The summed E-state index contributed by atoms with van der Waals surface area (Å²) in [6.07, 6.45) is 0. The first-order valence-corrected chi connectivity index (χ1v) is 9.66. The Morgan fingerprint density at radius 3 is 2.68 bits per heavy atom. The van der Waals surface area contributed by atoms with E-state index in [1.54, 1.807) is 26.4 Å². The van der Waals surface area contributed by atoms with E-state index in [9.17, 15) is 4.79 Å². The van der Waals surface area contributed by atoms with E-state index in [2.05, 4.69) is 15.3 Å². The van der Waals surface area contributed by atoms with E-state index in [0.717, 1.165) is 16.6 Å². The summed E-state index contributed by atoms with van der Waals surface area (Å²) in [4.78, 5) is 25.0. The van der Waals surface area contributed by atoms with Crippen molar-refractivity contribution in [1.29, 1.82) is 0 Å². The lowest BCUT2D eigenvalue weighted by atomic mass is 10.2. The molecule has 28 heavy (non-hydrogen) atoms. The standard InChI is InChI=1S/C19H21ClN4O3S/c1-10-15-18(27-5)22-14(9-26-4)23-19(15)28-16(10)17(25)21-12-8-11(20)6-7-13(12)24(2)3/h6-8H,9H2,1-5H3,(H,21,25). The van der Waals surface area contributed by atoms with Crippen LogP contribution in [0.15, 0.2) is 18.2 Å². The average Bonchev–Trinajstić information content (AvgIpc) is 2.98. The molecule has 3 aromatic rings. The SMILES string of the molecule is COCc1nc(OC)c2c(C)c(C(=O)Nc3cc(Cl)ccc3N(C)C)sc2n1. The number of carbonyl (C=O) groups excluding carboxylic acids is 1. The number of methoxy groups -OCH3 is 2. The quantitative estimate of drug-likeness (QED) is 0.646. The van der Waals surface area contributed by atoms with Gasteiger partial charge in [-0.3, -0.25) is 4.79 Å². The van der Waals surface area contributed by atoms with Gasteiger partial charge >= 0.3 is 0 Å². The van der Waals surface area contributed by atoms with E-state index >= 15 is 0 Å². The van der Waals surface area contributed by atoms with Crippen molar-refractivity contribution in [3.05, 3.63) is 39.5 Å². The lowest BCUT2D eigenvalue weighted by Gasteiger charge is -2.18. The van der Waals surface area contributed by atoms with Gasteiger partial charge in [0.15, 0.2) is 5.82 Å². The third-order valence-corrected chi connectivity index (χ3v) is 5.58. The summed E-state index contributed by atoms with van der Waals surface area (Å²) in [5.41, 5.74) is 2.26. The number of amides is 1. The summed E-state index contributed by atoms with van der Waals surface area (Å²) in [6, 6.07) is 5.38. The van der Waals surface area contributed by atoms with Crippen molar-refractivity contribution in [2.24, 2.45) is 0 Å². The minimum Gasteiger partial charge on any atom is -0.480 e. The highest BCUT2D eigenvalue weighted by Gasteiger charge is 2.22. The molecule has 0 fully saturated rings. The summed E-state index contributed by atoms with van der Waals surface area (Å²) in [5.74, 6) is 0.701. The van der Waals surface area contributed by atoms with Gasteiger partial charge < -0.3 is 19.7 Å². The van der Waals surface area contributed by atoms with E-state index in [4.69, 9.17) is 21.1 Å². The van der Waals surface area contributed by atoms with Gasteiger partial charge in [0.05, 0.1) is 28.7 Å². The van der Waals surface area contributed by atoms with Crippen molar-refractivity contribution in [2.45, 2.75) is 13.5 Å². The monoisotopic (exact) mass is 420 g/mol. The van der Waals surface area contributed by atoms with E-state index in [1.807, 2.05) is 32.0 Å². The van der Waals surface area contributed by atoms with Crippen molar-refractivity contribution in [2.75, 3.05) is 38.5 Å². The molecule has 1 aromatic carbocycles. The van der Waals surface area contributed by atoms with Crippen LogP contribution in [0.1, 0.15) is 21.1 Å². The molecule has 2 aromatic heterocycles. The van der Waals surface area contributed by atoms with E-state index in [-0.39, 0.29) is 12.5 Å². The van der Waals surface area contributed by atoms with Crippen LogP contribution in [0, 0.1) is 6.92 Å². The number of thiophene rings is 1. The highest BCUT2D eigenvalue weighted by Crippen LogP contribution is 2.36. The Kier molecular flexibility index (Phi) is 6.02. The lowest BCUT2D eigenvalue weighted by molar-refractivity contribution is 0.103. The molecular formula is C19H21ClN4O3S. The molecule has 0 unspecified atom stereocenters. The molecule has 9 heteroatoms. The minimum atomic E-state index is -0.235. The Bertz CT molecular complexity index is 1040. The highest BCUT2D eigenvalue weighted by molar-refractivity contribution is 7.20. The number of anilines is 2. The number of carbonyl (C=O) groups is 1. The number of hydrogen-bond acceptors (Lipinski definition) is 7. The number of nitrogens with one attached hydrogen (secondary N) is 1. The van der Waals surface area contributed by atoms with Gasteiger partial charge in [0.1, 0.15) is 11.4 Å². The van der Waals surface area contributed by atoms with Gasteiger partial charge in [0.25, 0.3) is 5.91 Å². The normalized spacial score (nSPS) is 10.9. The summed E-state index contributed by atoms with van der Waals surface area (Å²) in [5, 5.41) is 4.24. The van der Waals surface area contributed by atoms with Crippen LogP contribution in [0.5, 0.6) is 5.88 Å². The zero-order valence-electron chi connectivity index (χ0n) is 16.3. The Labute approximate surface area is 172 Å². The zero-order chi connectivity index (χ0) is 20.4. The maximum Gasteiger partial charge on any atom is 0.266 e. The number of aryl methyl sites for hydroxylation is 1. The van der Waals surface area contributed by atoms with E-state index < -0.39 is 0 Å². The van der Waals surface area contributed by atoms with Crippen molar-refractivity contribution in [3.8, 4) is 5.88 Å². The molecule has 0 radical (unpaired) electrons. The zero-order valence-corrected chi connectivity index (χ0v) is 17.9. The van der Waals surface area contributed by atoms with Crippen LogP contribution in [0.4, 0.5) is 11.4 Å².